The molecule has 25 heavy (non-hydrogen) atoms. The van der Waals surface area contributed by atoms with Crippen molar-refractivity contribution in [2.24, 2.45) is 0 Å². The van der Waals surface area contributed by atoms with Crippen molar-refractivity contribution in [1.29, 1.82) is 0 Å². The molecule has 0 spiro atoms. The Kier molecular flexibility index (Phi) is 5.05. The maximum absolute atomic E-state index is 12.4. The van der Waals surface area contributed by atoms with E-state index in [0.29, 0.717) is 33.8 Å². The Morgan fingerprint density at radius 2 is 2.00 bits per heavy atom. The van der Waals surface area contributed by atoms with Crippen LogP contribution in [0.3, 0.4) is 0 Å². The van der Waals surface area contributed by atoms with Gasteiger partial charge in [0, 0.05) is 10.6 Å². The molecule has 1 aromatic heterocycles. The van der Waals surface area contributed by atoms with Crippen molar-refractivity contribution >= 4 is 23.2 Å². The van der Waals surface area contributed by atoms with Crippen LogP contribution in [0.25, 0.3) is 11.5 Å². The summed E-state index contributed by atoms with van der Waals surface area (Å²) in [6.07, 6.45) is 0.0951. The number of carbonyl (C=O) groups excluding carboxylic acids is 1. The summed E-state index contributed by atoms with van der Waals surface area (Å²) in [7, 11) is 1.53. The van der Waals surface area contributed by atoms with Gasteiger partial charge in [-0.05, 0) is 37.3 Å². The second kappa shape index (κ2) is 7.40. The minimum atomic E-state index is -0.225. The van der Waals surface area contributed by atoms with Crippen LogP contribution < -0.4 is 10.1 Å². The molecular formula is C19H17ClN2O3. The van der Waals surface area contributed by atoms with Gasteiger partial charge in [0.05, 0.1) is 24.9 Å². The van der Waals surface area contributed by atoms with Gasteiger partial charge < -0.3 is 14.5 Å². The highest BCUT2D eigenvalue weighted by atomic mass is 35.5. The summed E-state index contributed by atoms with van der Waals surface area (Å²) >= 11 is 5.98. The molecule has 0 saturated carbocycles. The first kappa shape index (κ1) is 17.0. The summed E-state index contributed by atoms with van der Waals surface area (Å²) < 4.78 is 10.9. The average Bonchev–Trinajstić information content (AvgIpc) is 2.96. The summed E-state index contributed by atoms with van der Waals surface area (Å²) in [5.74, 6) is 1.43. The van der Waals surface area contributed by atoms with Crippen molar-refractivity contribution in [3.63, 3.8) is 0 Å². The molecule has 0 fully saturated rings. The lowest BCUT2D eigenvalue weighted by atomic mass is 10.2. The van der Waals surface area contributed by atoms with Gasteiger partial charge >= 0.3 is 0 Å². The Morgan fingerprint density at radius 1 is 1.24 bits per heavy atom. The van der Waals surface area contributed by atoms with Crippen molar-refractivity contribution in [3.8, 4) is 17.2 Å². The van der Waals surface area contributed by atoms with E-state index in [1.165, 1.54) is 7.11 Å². The number of benzene rings is 2. The number of aromatic nitrogens is 1. The van der Waals surface area contributed by atoms with Gasteiger partial charge in [-0.25, -0.2) is 4.98 Å². The number of aryl methyl sites for hydroxylation is 1. The molecule has 0 unspecified atom stereocenters. The summed E-state index contributed by atoms with van der Waals surface area (Å²) in [5.41, 5.74) is 1.98. The molecule has 0 aliphatic rings. The van der Waals surface area contributed by atoms with E-state index in [2.05, 4.69) is 10.3 Å². The van der Waals surface area contributed by atoms with Gasteiger partial charge in [0.1, 0.15) is 11.5 Å². The van der Waals surface area contributed by atoms with Gasteiger partial charge in [0.2, 0.25) is 11.8 Å². The van der Waals surface area contributed by atoms with Gasteiger partial charge in [-0.3, -0.25) is 4.79 Å². The molecule has 1 heterocycles. The first-order chi connectivity index (χ1) is 12.1. The topological polar surface area (TPSA) is 64.4 Å². The Morgan fingerprint density at radius 3 is 2.72 bits per heavy atom. The van der Waals surface area contributed by atoms with E-state index in [9.17, 15) is 4.79 Å². The smallest absolute Gasteiger partial charge is 0.230 e. The number of hydrogen-bond acceptors (Lipinski definition) is 4. The molecule has 2 aromatic carbocycles. The van der Waals surface area contributed by atoms with Crippen LogP contribution in [0.5, 0.6) is 5.75 Å². The summed E-state index contributed by atoms with van der Waals surface area (Å²) in [4.78, 5) is 16.8. The highest BCUT2D eigenvalue weighted by Gasteiger charge is 2.16. The van der Waals surface area contributed by atoms with Gasteiger partial charge in [-0.1, -0.05) is 29.8 Å². The van der Waals surface area contributed by atoms with Crippen LogP contribution in [0.15, 0.2) is 52.9 Å². The summed E-state index contributed by atoms with van der Waals surface area (Å²) in [6.45, 7) is 1.79. The van der Waals surface area contributed by atoms with Crippen molar-refractivity contribution in [2.45, 2.75) is 13.3 Å². The van der Waals surface area contributed by atoms with Crippen LogP contribution in [0, 0.1) is 6.92 Å². The van der Waals surface area contributed by atoms with E-state index >= 15 is 0 Å². The highest BCUT2D eigenvalue weighted by Crippen LogP contribution is 2.28. The predicted octanol–water partition coefficient (Wildman–Crippen LogP) is 4.49. The number of hydrogen-bond donors (Lipinski definition) is 1. The van der Waals surface area contributed by atoms with E-state index in [1.54, 1.807) is 25.1 Å². The van der Waals surface area contributed by atoms with E-state index in [0.717, 1.165) is 5.56 Å². The molecule has 3 aromatic rings. The van der Waals surface area contributed by atoms with Crippen LogP contribution in [-0.4, -0.2) is 18.0 Å². The van der Waals surface area contributed by atoms with Crippen molar-refractivity contribution in [1.82, 2.24) is 4.98 Å². The molecule has 0 saturated heterocycles. The molecule has 1 N–H and O–H groups in total. The summed E-state index contributed by atoms with van der Waals surface area (Å²) in [5, 5.41) is 3.31. The van der Waals surface area contributed by atoms with E-state index in [1.807, 2.05) is 30.3 Å². The minimum Gasteiger partial charge on any atom is -0.495 e. The quantitative estimate of drug-likeness (QED) is 0.731. The highest BCUT2D eigenvalue weighted by molar-refractivity contribution is 6.31. The lowest BCUT2D eigenvalue weighted by Gasteiger charge is -2.10. The van der Waals surface area contributed by atoms with E-state index < -0.39 is 0 Å². The average molecular weight is 357 g/mol. The number of carbonyl (C=O) groups is 1. The third-order valence-electron chi connectivity index (χ3n) is 3.68. The number of nitrogens with one attached hydrogen (secondary N) is 1. The first-order valence-electron chi connectivity index (χ1n) is 7.72. The largest absolute Gasteiger partial charge is 0.495 e. The van der Waals surface area contributed by atoms with Crippen molar-refractivity contribution in [2.75, 3.05) is 12.4 Å². The Hall–Kier alpha value is -2.79. The van der Waals surface area contributed by atoms with Gasteiger partial charge in [0.15, 0.2) is 0 Å². The number of rotatable bonds is 5. The molecule has 128 valence electrons. The molecular weight excluding hydrogens is 340 g/mol. The third kappa shape index (κ3) is 4.00. The fourth-order valence-corrected chi connectivity index (χ4v) is 2.59. The fraction of sp³-hybridized carbons (Fsp3) is 0.158. The minimum absolute atomic E-state index is 0.0951. The van der Waals surface area contributed by atoms with Crippen molar-refractivity contribution in [3.05, 3.63) is 65.0 Å². The van der Waals surface area contributed by atoms with Crippen LogP contribution in [0.2, 0.25) is 5.02 Å². The zero-order valence-electron chi connectivity index (χ0n) is 13.9. The van der Waals surface area contributed by atoms with Gasteiger partial charge in [-0.2, -0.15) is 0 Å². The van der Waals surface area contributed by atoms with Crippen LogP contribution >= 0.6 is 11.6 Å². The zero-order valence-corrected chi connectivity index (χ0v) is 14.6. The second-order valence-corrected chi connectivity index (χ2v) is 5.89. The SMILES string of the molecule is COc1ccc(Cl)cc1NC(=O)Cc1nc(-c2ccccc2)oc1C. The molecule has 5 nitrogen and oxygen atoms in total. The van der Waals surface area contributed by atoms with Crippen LogP contribution in [0.4, 0.5) is 5.69 Å². The number of oxazole rings is 1. The van der Waals surface area contributed by atoms with Crippen LogP contribution in [-0.2, 0) is 11.2 Å². The van der Waals surface area contributed by atoms with Crippen LogP contribution in [0.1, 0.15) is 11.5 Å². The molecule has 6 heteroatoms. The predicted molar refractivity (Wildman–Crippen MR) is 97.0 cm³/mol. The van der Waals surface area contributed by atoms with E-state index in [4.69, 9.17) is 20.8 Å². The number of ether oxygens (including phenoxy) is 1. The Balaban J connectivity index is 1.76. The zero-order chi connectivity index (χ0) is 17.8. The molecule has 0 atom stereocenters. The number of halogens is 1. The standard InChI is InChI=1S/C19H17ClN2O3/c1-12-15(22-19(25-12)13-6-4-3-5-7-13)11-18(23)21-16-10-14(20)8-9-17(16)24-2/h3-10H,11H2,1-2H3,(H,21,23). The lowest BCUT2D eigenvalue weighted by molar-refractivity contribution is -0.115. The molecule has 3 rings (SSSR count). The second-order valence-electron chi connectivity index (χ2n) is 5.46. The molecule has 0 aliphatic heterocycles. The van der Waals surface area contributed by atoms with E-state index in [-0.39, 0.29) is 12.3 Å². The monoisotopic (exact) mass is 356 g/mol. The molecule has 0 bridgehead atoms. The number of methoxy groups -OCH3 is 1. The molecule has 1 amide bonds. The lowest BCUT2D eigenvalue weighted by Crippen LogP contribution is -2.15. The normalized spacial score (nSPS) is 10.5. The van der Waals surface area contributed by atoms with Gasteiger partial charge in [0.25, 0.3) is 0 Å². The molecule has 0 aliphatic carbocycles. The third-order valence-corrected chi connectivity index (χ3v) is 3.91. The molecule has 0 radical (unpaired) electrons. The first-order valence-corrected chi connectivity index (χ1v) is 8.09. The number of amides is 1. The maximum atomic E-state index is 12.4. The number of nitrogens with zero attached hydrogens (tertiary/aromatic N) is 1. The van der Waals surface area contributed by atoms with Gasteiger partial charge in [-0.15, -0.1) is 0 Å². The fourth-order valence-electron chi connectivity index (χ4n) is 2.42. The number of anilines is 1. The maximum Gasteiger partial charge on any atom is 0.230 e. The summed E-state index contributed by atoms with van der Waals surface area (Å²) in [6, 6.07) is 14.6. The Labute approximate surface area is 150 Å². The van der Waals surface area contributed by atoms with Crippen molar-refractivity contribution < 1.29 is 13.9 Å². The Bertz CT molecular complexity index is 891.